The van der Waals surface area contributed by atoms with Crippen molar-refractivity contribution in [2.24, 2.45) is 5.92 Å². The second kappa shape index (κ2) is 2.06. The van der Waals surface area contributed by atoms with Crippen molar-refractivity contribution in [3.63, 3.8) is 0 Å². The van der Waals surface area contributed by atoms with E-state index in [-0.39, 0.29) is 0 Å². The van der Waals surface area contributed by atoms with Crippen LogP contribution in [-0.2, 0) is 4.74 Å². The van der Waals surface area contributed by atoms with Gasteiger partial charge in [-0.15, -0.1) is 0 Å². The molecule has 48 valence electrons. The van der Waals surface area contributed by atoms with E-state index in [9.17, 15) is 0 Å². The highest BCUT2D eigenvalue weighted by molar-refractivity contribution is 4.80. The maximum atomic E-state index is 5.23. The number of epoxide rings is 1. The van der Waals surface area contributed by atoms with Gasteiger partial charge in [0.2, 0.25) is 0 Å². The first-order valence-corrected chi connectivity index (χ1v) is 3.35. The number of hydrogen-bond donors (Lipinski definition) is 0. The standard InChI is InChI=1S/C7H14O/c1-5(2)4-7-6(3)8-7/h5-7H,4H2,1-3H3/t6-,7+/m1/s1. The van der Waals surface area contributed by atoms with E-state index in [4.69, 9.17) is 4.74 Å². The summed E-state index contributed by atoms with van der Waals surface area (Å²) < 4.78 is 5.23. The van der Waals surface area contributed by atoms with Crippen molar-refractivity contribution in [2.75, 3.05) is 0 Å². The molecule has 0 spiro atoms. The second-order valence-electron chi connectivity index (χ2n) is 3.01. The van der Waals surface area contributed by atoms with Crippen LogP contribution in [0.5, 0.6) is 0 Å². The van der Waals surface area contributed by atoms with E-state index in [1.165, 1.54) is 6.42 Å². The van der Waals surface area contributed by atoms with E-state index in [0.29, 0.717) is 12.2 Å². The van der Waals surface area contributed by atoms with Gasteiger partial charge in [0.1, 0.15) is 0 Å². The monoisotopic (exact) mass is 114 g/mol. The molecule has 0 aromatic rings. The lowest BCUT2D eigenvalue weighted by molar-refractivity contribution is 0.352. The molecule has 0 amide bonds. The fraction of sp³-hybridized carbons (Fsp3) is 1.00. The highest BCUT2D eigenvalue weighted by atomic mass is 16.6. The van der Waals surface area contributed by atoms with Crippen LogP contribution in [-0.4, -0.2) is 12.2 Å². The molecule has 1 heterocycles. The Morgan fingerprint density at radius 3 is 2.12 bits per heavy atom. The van der Waals surface area contributed by atoms with Crippen LogP contribution < -0.4 is 0 Å². The maximum absolute atomic E-state index is 5.23. The molecule has 0 bridgehead atoms. The Kier molecular flexibility index (Phi) is 1.57. The van der Waals surface area contributed by atoms with Gasteiger partial charge in [-0.3, -0.25) is 0 Å². The molecule has 0 aromatic heterocycles. The van der Waals surface area contributed by atoms with Crippen LogP contribution in [0.2, 0.25) is 0 Å². The van der Waals surface area contributed by atoms with Crippen LogP contribution in [0.3, 0.4) is 0 Å². The molecular formula is C7H14O. The van der Waals surface area contributed by atoms with Crippen LogP contribution in [0.1, 0.15) is 27.2 Å². The second-order valence-corrected chi connectivity index (χ2v) is 3.01. The van der Waals surface area contributed by atoms with Crippen molar-refractivity contribution < 1.29 is 4.74 Å². The smallest absolute Gasteiger partial charge is 0.0841 e. The summed E-state index contributed by atoms with van der Waals surface area (Å²) in [5, 5.41) is 0. The highest BCUT2D eigenvalue weighted by Crippen LogP contribution is 2.27. The minimum Gasteiger partial charge on any atom is -0.370 e. The van der Waals surface area contributed by atoms with Gasteiger partial charge in [0.15, 0.2) is 0 Å². The Hall–Kier alpha value is -0.0400. The Morgan fingerprint density at radius 2 is 2.00 bits per heavy atom. The molecule has 0 aromatic carbocycles. The van der Waals surface area contributed by atoms with Gasteiger partial charge in [0.05, 0.1) is 12.2 Å². The van der Waals surface area contributed by atoms with E-state index in [1.54, 1.807) is 0 Å². The van der Waals surface area contributed by atoms with Crippen molar-refractivity contribution in [3.8, 4) is 0 Å². The van der Waals surface area contributed by atoms with E-state index in [2.05, 4.69) is 20.8 Å². The van der Waals surface area contributed by atoms with Gasteiger partial charge in [-0.2, -0.15) is 0 Å². The average molecular weight is 114 g/mol. The topological polar surface area (TPSA) is 12.5 Å². The summed E-state index contributed by atoms with van der Waals surface area (Å²) >= 11 is 0. The van der Waals surface area contributed by atoms with Crippen LogP contribution >= 0.6 is 0 Å². The molecule has 8 heavy (non-hydrogen) atoms. The number of rotatable bonds is 2. The van der Waals surface area contributed by atoms with Gasteiger partial charge in [0, 0.05) is 0 Å². The Balaban J connectivity index is 2.05. The van der Waals surface area contributed by atoms with Crippen LogP contribution in [0, 0.1) is 5.92 Å². The molecule has 0 unspecified atom stereocenters. The van der Waals surface area contributed by atoms with E-state index < -0.39 is 0 Å². The normalized spacial score (nSPS) is 36.0. The molecule has 2 atom stereocenters. The molecular weight excluding hydrogens is 100 g/mol. The molecule has 0 radical (unpaired) electrons. The maximum Gasteiger partial charge on any atom is 0.0841 e. The summed E-state index contributed by atoms with van der Waals surface area (Å²) in [6, 6.07) is 0. The van der Waals surface area contributed by atoms with E-state index in [0.717, 1.165) is 5.92 Å². The molecule has 1 rings (SSSR count). The van der Waals surface area contributed by atoms with Gasteiger partial charge >= 0.3 is 0 Å². The lowest BCUT2D eigenvalue weighted by atomic mass is 10.1. The predicted molar refractivity (Wildman–Crippen MR) is 33.8 cm³/mol. The lowest BCUT2D eigenvalue weighted by Crippen LogP contribution is -1.95. The Morgan fingerprint density at radius 1 is 1.50 bits per heavy atom. The van der Waals surface area contributed by atoms with Crippen LogP contribution in [0.4, 0.5) is 0 Å². The molecule has 1 nitrogen and oxygen atoms in total. The summed E-state index contributed by atoms with van der Waals surface area (Å²) in [6.45, 7) is 6.59. The SMILES string of the molecule is CC(C)C[C@@H]1O[C@@H]1C. The van der Waals surface area contributed by atoms with Gasteiger partial charge in [-0.1, -0.05) is 13.8 Å². The van der Waals surface area contributed by atoms with Crippen molar-refractivity contribution in [3.05, 3.63) is 0 Å². The van der Waals surface area contributed by atoms with Crippen LogP contribution in [0.15, 0.2) is 0 Å². The zero-order valence-electron chi connectivity index (χ0n) is 5.85. The molecule has 0 aliphatic carbocycles. The molecule has 1 heteroatoms. The van der Waals surface area contributed by atoms with E-state index >= 15 is 0 Å². The molecule has 1 aliphatic heterocycles. The summed E-state index contributed by atoms with van der Waals surface area (Å²) in [4.78, 5) is 0. The van der Waals surface area contributed by atoms with Gasteiger partial charge < -0.3 is 4.74 Å². The van der Waals surface area contributed by atoms with Gasteiger partial charge in [0.25, 0.3) is 0 Å². The first-order valence-electron chi connectivity index (χ1n) is 3.35. The molecule has 1 saturated heterocycles. The average Bonchev–Trinajstić information content (AvgIpc) is 2.17. The summed E-state index contributed by atoms with van der Waals surface area (Å²) in [6.07, 6.45) is 2.38. The summed E-state index contributed by atoms with van der Waals surface area (Å²) in [5.41, 5.74) is 0. The van der Waals surface area contributed by atoms with Crippen molar-refractivity contribution in [1.29, 1.82) is 0 Å². The first kappa shape index (κ1) is 6.09. The molecule has 1 aliphatic rings. The first-order chi connectivity index (χ1) is 3.70. The Labute approximate surface area is 51.0 Å². The third kappa shape index (κ3) is 1.48. The molecule has 0 N–H and O–H groups in total. The highest BCUT2D eigenvalue weighted by Gasteiger charge is 2.33. The minimum atomic E-state index is 0.553. The molecule has 0 saturated carbocycles. The fourth-order valence-electron chi connectivity index (χ4n) is 0.942. The lowest BCUT2D eigenvalue weighted by Gasteiger charge is -1.96. The third-order valence-corrected chi connectivity index (χ3v) is 1.54. The van der Waals surface area contributed by atoms with Crippen molar-refractivity contribution in [1.82, 2.24) is 0 Å². The number of hydrogen-bond acceptors (Lipinski definition) is 1. The number of ether oxygens (including phenoxy) is 1. The predicted octanol–water partition coefficient (Wildman–Crippen LogP) is 1.82. The van der Waals surface area contributed by atoms with Gasteiger partial charge in [-0.25, -0.2) is 0 Å². The fourth-order valence-corrected chi connectivity index (χ4v) is 0.942. The minimum absolute atomic E-state index is 0.553. The van der Waals surface area contributed by atoms with Crippen molar-refractivity contribution in [2.45, 2.75) is 39.4 Å². The largest absolute Gasteiger partial charge is 0.370 e. The zero-order valence-corrected chi connectivity index (χ0v) is 5.85. The van der Waals surface area contributed by atoms with Gasteiger partial charge in [-0.05, 0) is 19.3 Å². The quantitative estimate of drug-likeness (QED) is 0.499. The van der Waals surface area contributed by atoms with E-state index in [1.807, 2.05) is 0 Å². The molecule has 1 fully saturated rings. The van der Waals surface area contributed by atoms with Crippen LogP contribution in [0.25, 0.3) is 0 Å². The zero-order chi connectivity index (χ0) is 6.15. The van der Waals surface area contributed by atoms with Crippen molar-refractivity contribution >= 4 is 0 Å². The third-order valence-electron chi connectivity index (χ3n) is 1.54. The Bertz CT molecular complexity index is 78.5. The summed E-state index contributed by atoms with van der Waals surface area (Å²) in [5.74, 6) is 0.796. The summed E-state index contributed by atoms with van der Waals surface area (Å²) in [7, 11) is 0.